The second-order valence-corrected chi connectivity index (χ2v) is 7.47. The quantitative estimate of drug-likeness (QED) is 0.197. The molecule has 0 aromatic heterocycles. The molecule has 0 unspecified atom stereocenters. The zero-order valence-corrected chi connectivity index (χ0v) is 19.5. The molecule has 0 spiro atoms. The second-order valence-electron chi connectivity index (χ2n) is 7.47. The zero-order chi connectivity index (χ0) is 26.1. The molecule has 2 amide bonds. The van der Waals surface area contributed by atoms with Crippen molar-refractivity contribution in [3.8, 4) is 5.75 Å². The second kappa shape index (κ2) is 11.9. The molecule has 0 aliphatic carbocycles. The van der Waals surface area contributed by atoms with Crippen LogP contribution < -0.4 is 15.4 Å². The maximum atomic E-state index is 12.6. The molecule has 0 heterocycles. The molecular formula is C26H23N3O7. The lowest BCUT2D eigenvalue weighted by atomic mass is 10.1. The van der Waals surface area contributed by atoms with Crippen LogP contribution >= 0.6 is 0 Å². The first-order chi connectivity index (χ1) is 17.3. The fourth-order valence-electron chi connectivity index (χ4n) is 3.18. The molecule has 0 radical (unpaired) electrons. The van der Waals surface area contributed by atoms with Crippen LogP contribution in [0.15, 0.2) is 72.8 Å². The van der Waals surface area contributed by atoms with E-state index in [0.29, 0.717) is 5.75 Å². The van der Waals surface area contributed by atoms with Crippen LogP contribution in [0, 0.1) is 17.0 Å². The van der Waals surface area contributed by atoms with Crippen LogP contribution in [0.5, 0.6) is 5.75 Å². The molecular weight excluding hydrogens is 466 g/mol. The van der Waals surface area contributed by atoms with E-state index in [-0.39, 0.29) is 28.2 Å². The number of nitrogens with one attached hydrogen (secondary N) is 2. The van der Waals surface area contributed by atoms with Crippen LogP contribution in [0.1, 0.15) is 21.5 Å². The first kappa shape index (κ1) is 25.6. The molecule has 0 bridgehead atoms. The maximum Gasteiger partial charge on any atom is 0.340 e. The summed E-state index contributed by atoms with van der Waals surface area (Å²) in [6, 6.07) is 17.6. The van der Waals surface area contributed by atoms with Gasteiger partial charge in [0.05, 0.1) is 34.5 Å². The highest BCUT2D eigenvalue weighted by atomic mass is 16.6. The van der Waals surface area contributed by atoms with Crippen LogP contribution in [0.25, 0.3) is 6.08 Å². The van der Waals surface area contributed by atoms with Crippen LogP contribution in [0.2, 0.25) is 0 Å². The highest BCUT2D eigenvalue weighted by Gasteiger charge is 2.18. The molecule has 3 rings (SSSR count). The number of amides is 2. The molecule has 10 nitrogen and oxygen atoms in total. The smallest absolute Gasteiger partial charge is 0.340 e. The largest absolute Gasteiger partial charge is 0.497 e. The number of para-hydroxylation sites is 1. The lowest BCUT2D eigenvalue weighted by Crippen LogP contribution is -2.22. The minimum absolute atomic E-state index is 0.0584. The number of benzene rings is 3. The first-order valence-electron chi connectivity index (χ1n) is 10.7. The Balaban J connectivity index is 1.60. The fourth-order valence-corrected chi connectivity index (χ4v) is 3.18. The van der Waals surface area contributed by atoms with Gasteiger partial charge in [-0.25, -0.2) is 4.79 Å². The standard InChI is InChI=1S/C26H23N3O7/c1-17-21(8-5-9-23(17)29(33)34)27-25(31)16-36-26(32)20-6-3-4-7-22(20)28-24(30)15-12-18-10-13-19(35-2)14-11-18/h3-15H,16H2,1-2H3,(H,27,31)(H,28,30)/b15-12+. The maximum absolute atomic E-state index is 12.6. The lowest BCUT2D eigenvalue weighted by molar-refractivity contribution is -0.385. The Labute approximate surface area is 206 Å². The molecule has 0 saturated carbocycles. The molecule has 0 fully saturated rings. The van der Waals surface area contributed by atoms with Gasteiger partial charge >= 0.3 is 5.97 Å². The molecule has 36 heavy (non-hydrogen) atoms. The Morgan fingerprint density at radius 3 is 2.33 bits per heavy atom. The van der Waals surface area contributed by atoms with Gasteiger partial charge in [-0.1, -0.05) is 30.3 Å². The van der Waals surface area contributed by atoms with Crippen molar-refractivity contribution in [1.82, 2.24) is 0 Å². The van der Waals surface area contributed by atoms with Gasteiger partial charge in [0.1, 0.15) is 5.75 Å². The topological polar surface area (TPSA) is 137 Å². The van der Waals surface area contributed by atoms with E-state index in [1.54, 1.807) is 49.6 Å². The van der Waals surface area contributed by atoms with Gasteiger partial charge < -0.3 is 20.1 Å². The highest BCUT2D eigenvalue weighted by Crippen LogP contribution is 2.25. The number of ether oxygens (including phenoxy) is 2. The van der Waals surface area contributed by atoms with Gasteiger partial charge in [0.25, 0.3) is 11.6 Å². The van der Waals surface area contributed by atoms with E-state index in [4.69, 9.17) is 9.47 Å². The van der Waals surface area contributed by atoms with Crippen molar-refractivity contribution in [3.63, 3.8) is 0 Å². The molecule has 2 N–H and O–H groups in total. The number of nitro benzene ring substituents is 1. The van der Waals surface area contributed by atoms with E-state index in [1.807, 2.05) is 0 Å². The Bertz CT molecular complexity index is 1320. The highest BCUT2D eigenvalue weighted by molar-refractivity contribution is 6.06. The fraction of sp³-hybridized carbons (Fsp3) is 0.115. The number of hydrogen-bond acceptors (Lipinski definition) is 7. The van der Waals surface area contributed by atoms with Gasteiger partial charge in [-0.05, 0) is 48.9 Å². The predicted molar refractivity (Wildman–Crippen MR) is 134 cm³/mol. The van der Waals surface area contributed by atoms with E-state index in [9.17, 15) is 24.5 Å². The van der Waals surface area contributed by atoms with Gasteiger partial charge in [-0.3, -0.25) is 19.7 Å². The van der Waals surface area contributed by atoms with Crippen molar-refractivity contribution in [2.24, 2.45) is 0 Å². The summed E-state index contributed by atoms with van der Waals surface area (Å²) in [7, 11) is 1.56. The summed E-state index contributed by atoms with van der Waals surface area (Å²) in [5.41, 5.74) is 1.42. The molecule has 0 aliphatic heterocycles. The summed E-state index contributed by atoms with van der Waals surface area (Å²) < 4.78 is 10.2. The predicted octanol–water partition coefficient (Wildman–Crippen LogP) is 4.36. The van der Waals surface area contributed by atoms with E-state index in [1.165, 1.54) is 43.3 Å². The summed E-state index contributed by atoms with van der Waals surface area (Å²) in [5, 5.41) is 16.2. The average Bonchev–Trinajstić information content (AvgIpc) is 2.87. The Hall–Kier alpha value is -4.99. The minimum atomic E-state index is -0.823. The molecule has 184 valence electrons. The number of nitrogens with zero attached hydrogens (tertiary/aromatic N) is 1. The number of rotatable bonds is 9. The van der Waals surface area contributed by atoms with E-state index in [2.05, 4.69) is 10.6 Å². The van der Waals surface area contributed by atoms with Gasteiger partial charge in [-0.2, -0.15) is 0 Å². The number of carbonyl (C=O) groups is 3. The summed E-state index contributed by atoms with van der Waals surface area (Å²) in [6.07, 6.45) is 2.93. The Kier molecular flexibility index (Phi) is 8.49. The number of nitro groups is 1. The monoisotopic (exact) mass is 489 g/mol. The van der Waals surface area contributed by atoms with Crippen molar-refractivity contribution in [2.75, 3.05) is 24.4 Å². The average molecular weight is 489 g/mol. The van der Waals surface area contributed by atoms with Gasteiger partial charge in [0, 0.05) is 12.1 Å². The number of anilines is 2. The molecule has 3 aromatic rings. The van der Waals surface area contributed by atoms with Gasteiger partial charge in [0.2, 0.25) is 5.91 Å². The van der Waals surface area contributed by atoms with Crippen molar-refractivity contribution >= 4 is 40.9 Å². The third-order valence-electron chi connectivity index (χ3n) is 5.06. The third-order valence-corrected chi connectivity index (χ3v) is 5.06. The molecule has 10 heteroatoms. The summed E-state index contributed by atoms with van der Waals surface area (Å²) >= 11 is 0. The number of carbonyl (C=O) groups excluding carboxylic acids is 3. The number of methoxy groups -OCH3 is 1. The lowest BCUT2D eigenvalue weighted by Gasteiger charge is -2.11. The van der Waals surface area contributed by atoms with Gasteiger partial charge in [0.15, 0.2) is 6.61 Å². The number of hydrogen-bond donors (Lipinski definition) is 2. The minimum Gasteiger partial charge on any atom is -0.497 e. The van der Waals surface area contributed by atoms with Gasteiger partial charge in [-0.15, -0.1) is 0 Å². The molecule has 3 aromatic carbocycles. The van der Waals surface area contributed by atoms with Crippen molar-refractivity contribution in [3.05, 3.63) is 99.6 Å². The summed E-state index contributed by atoms with van der Waals surface area (Å²) in [5.74, 6) is -1.27. The molecule has 0 atom stereocenters. The van der Waals surface area contributed by atoms with Crippen LogP contribution in [0.3, 0.4) is 0 Å². The summed E-state index contributed by atoms with van der Waals surface area (Å²) in [6.45, 7) is 0.877. The van der Waals surface area contributed by atoms with Crippen molar-refractivity contribution in [1.29, 1.82) is 0 Å². The van der Waals surface area contributed by atoms with E-state index in [0.717, 1.165) is 5.56 Å². The SMILES string of the molecule is COc1ccc(/C=C/C(=O)Nc2ccccc2C(=O)OCC(=O)Nc2cccc([N+](=O)[O-])c2C)cc1. The number of esters is 1. The Morgan fingerprint density at radius 2 is 1.64 bits per heavy atom. The first-order valence-corrected chi connectivity index (χ1v) is 10.7. The van der Waals surface area contributed by atoms with Crippen molar-refractivity contribution < 1.29 is 28.8 Å². The summed E-state index contributed by atoms with van der Waals surface area (Å²) in [4.78, 5) is 47.7. The van der Waals surface area contributed by atoms with Crippen LogP contribution in [-0.2, 0) is 14.3 Å². The normalized spacial score (nSPS) is 10.5. The van der Waals surface area contributed by atoms with Crippen LogP contribution in [0.4, 0.5) is 17.1 Å². The molecule has 0 aliphatic rings. The Morgan fingerprint density at radius 1 is 0.944 bits per heavy atom. The van der Waals surface area contributed by atoms with Crippen molar-refractivity contribution in [2.45, 2.75) is 6.92 Å². The molecule has 0 saturated heterocycles. The third kappa shape index (κ3) is 6.76. The zero-order valence-electron chi connectivity index (χ0n) is 19.5. The van der Waals surface area contributed by atoms with Crippen LogP contribution in [-0.4, -0.2) is 36.4 Å². The van der Waals surface area contributed by atoms with E-state index < -0.39 is 29.3 Å². The van der Waals surface area contributed by atoms with E-state index >= 15 is 0 Å².